The lowest BCUT2D eigenvalue weighted by molar-refractivity contribution is -0.141. The molecule has 0 aromatic carbocycles. The number of hydrogen-bond donors (Lipinski definition) is 2. The van der Waals surface area contributed by atoms with E-state index in [0.717, 1.165) is 0 Å². The third-order valence-electron chi connectivity index (χ3n) is 1.94. The summed E-state index contributed by atoms with van der Waals surface area (Å²) in [5.74, 6) is -0.561. The zero-order chi connectivity index (χ0) is 11.3. The molecule has 1 heterocycles. The van der Waals surface area contributed by atoms with Crippen LogP contribution in [-0.4, -0.2) is 27.8 Å². The van der Waals surface area contributed by atoms with Gasteiger partial charge in [-0.05, 0) is 18.6 Å². The van der Waals surface area contributed by atoms with Crippen molar-refractivity contribution in [2.45, 2.75) is 13.3 Å². The number of carboxylic acid groups (broad SMARTS) is 1. The molecule has 6 heteroatoms. The molecule has 2 N–H and O–H groups in total. The quantitative estimate of drug-likeness (QED) is 0.803. The van der Waals surface area contributed by atoms with Crippen LogP contribution in [0.1, 0.15) is 13.3 Å². The summed E-state index contributed by atoms with van der Waals surface area (Å²) in [7, 11) is 0. The van der Waals surface area contributed by atoms with Gasteiger partial charge in [0.25, 0.3) is 0 Å². The molecule has 1 rings (SSSR count). The van der Waals surface area contributed by atoms with Crippen molar-refractivity contribution < 1.29 is 9.90 Å². The summed E-state index contributed by atoms with van der Waals surface area (Å²) in [4.78, 5) is 10.5. The molecule has 1 unspecified atom stereocenters. The second kappa shape index (κ2) is 5.50. The van der Waals surface area contributed by atoms with Gasteiger partial charge in [-0.3, -0.25) is 4.79 Å². The minimum atomic E-state index is -0.793. The summed E-state index contributed by atoms with van der Waals surface area (Å²) >= 11 is 5.56. The Balaban J connectivity index is 2.32. The van der Waals surface area contributed by atoms with Crippen molar-refractivity contribution in [1.29, 1.82) is 0 Å². The maximum Gasteiger partial charge on any atom is 0.306 e. The molecule has 0 aliphatic rings. The summed E-state index contributed by atoms with van der Waals surface area (Å²) in [6.07, 6.45) is 0.541. The molecule has 0 radical (unpaired) electrons. The third-order valence-corrected chi connectivity index (χ3v) is 2.14. The lowest BCUT2D eigenvalue weighted by Gasteiger charge is -2.07. The molecule has 1 atom stereocenters. The van der Waals surface area contributed by atoms with Crippen LogP contribution in [0.15, 0.2) is 12.1 Å². The first-order chi connectivity index (χ1) is 7.09. The van der Waals surface area contributed by atoms with E-state index < -0.39 is 5.97 Å². The highest BCUT2D eigenvalue weighted by atomic mass is 35.5. The predicted molar refractivity (Wildman–Crippen MR) is 56.9 cm³/mol. The third kappa shape index (κ3) is 4.12. The number of carbonyl (C=O) groups is 1. The number of halogens is 1. The number of rotatable bonds is 5. The van der Waals surface area contributed by atoms with Crippen molar-refractivity contribution in [2.24, 2.45) is 5.92 Å². The summed E-state index contributed by atoms with van der Waals surface area (Å²) in [6.45, 7) is 2.21. The number of nitrogens with zero attached hydrogens (tertiary/aromatic N) is 2. The van der Waals surface area contributed by atoms with Crippen LogP contribution in [0.3, 0.4) is 0 Å². The SMILES string of the molecule is CC(CCNc1ccc(Cl)nn1)C(=O)O. The zero-order valence-electron chi connectivity index (χ0n) is 8.27. The average Bonchev–Trinajstić information content (AvgIpc) is 2.20. The molecule has 0 spiro atoms. The normalized spacial score (nSPS) is 12.1. The number of aliphatic carboxylic acids is 1. The lowest BCUT2D eigenvalue weighted by Crippen LogP contribution is -2.14. The van der Waals surface area contributed by atoms with Crippen LogP contribution < -0.4 is 5.32 Å². The minimum Gasteiger partial charge on any atom is -0.481 e. The number of nitrogens with one attached hydrogen (secondary N) is 1. The van der Waals surface area contributed by atoms with Gasteiger partial charge in [0.2, 0.25) is 0 Å². The van der Waals surface area contributed by atoms with Crippen LogP contribution in [0.2, 0.25) is 5.15 Å². The molecule has 0 aliphatic carbocycles. The second-order valence-electron chi connectivity index (χ2n) is 3.20. The second-order valence-corrected chi connectivity index (χ2v) is 3.58. The summed E-state index contributed by atoms with van der Waals surface area (Å²) in [6, 6.07) is 3.32. The van der Waals surface area contributed by atoms with E-state index in [2.05, 4.69) is 15.5 Å². The first-order valence-corrected chi connectivity index (χ1v) is 4.93. The van der Waals surface area contributed by atoms with Gasteiger partial charge in [0, 0.05) is 6.54 Å². The van der Waals surface area contributed by atoms with E-state index in [1.54, 1.807) is 19.1 Å². The molecule has 0 fully saturated rings. The number of carboxylic acids is 1. The lowest BCUT2D eigenvalue weighted by atomic mass is 10.1. The van der Waals surface area contributed by atoms with E-state index in [4.69, 9.17) is 16.7 Å². The van der Waals surface area contributed by atoms with Crippen molar-refractivity contribution >= 4 is 23.4 Å². The monoisotopic (exact) mass is 229 g/mol. The molecule has 1 aromatic rings. The first-order valence-electron chi connectivity index (χ1n) is 4.55. The van der Waals surface area contributed by atoms with Crippen LogP contribution in [0.25, 0.3) is 0 Å². The molecule has 82 valence electrons. The number of hydrogen-bond acceptors (Lipinski definition) is 4. The highest BCUT2D eigenvalue weighted by molar-refractivity contribution is 6.29. The van der Waals surface area contributed by atoms with Gasteiger partial charge in [0.1, 0.15) is 5.82 Å². The fourth-order valence-electron chi connectivity index (χ4n) is 0.951. The molecule has 0 saturated carbocycles. The van der Waals surface area contributed by atoms with Gasteiger partial charge in [-0.25, -0.2) is 0 Å². The molecule has 0 aliphatic heterocycles. The van der Waals surface area contributed by atoms with Crippen LogP contribution in [0.4, 0.5) is 5.82 Å². The van der Waals surface area contributed by atoms with Crippen molar-refractivity contribution in [1.82, 2.24) is 10.2 Å². The Labute approximate surface area is 92.5 Å². The van der Waals surface area contributed by atoms with E-state index in [0.29, 0.717) is 23.9 Å². The van der Waals surface area contributed by atoms with Gasteiger partial charge in [-0.2, -0.15) is 0 Å². The predicted octanol–water partition coefficient (Wildman–Crippen LogP) is 1.65. The van der Waals surface area contributed by atoms with Crippen molar-refractivity contribution in [3.63, 3.8) is 0 Å². The topological polar surface area (TPSA) is 75.1 Å². The first kappa shape index (κ1) is 11.7. The van der Waals surface area contributed by atoms with E-state index in [9.17, 15) is 4.79 Å². The largest absolute Gasteiger partial charge is 0.481 e. The summed E-state index contributed by atoms with van der Waals surface area (Å²) < 4.78 is 0. The Hall–Kier alpha value is -1.36. The molecule has 15 heavy (non-hydrogen) atoms. The summed E-state index contributed by atoms with van der Waals surface area (Å²) in [5, 5.41) is 19.4. The summed E-state index contributed by atoms with van der Waals surface area (Å²) in [5.41, 5.74) is 0. The Morgan fingerprint density at radius 3 is 2.87 bits per heavy atom. The van der Waals surface area contributed by atoms with Crippen LogP contribution in [0.5, 0.6) is 0 Å². The smallest absolute Gasteiger partial charge is 0.306 e. The molecule has 0 amide bonds. The number of anilines is 1. The Bertz CT molecular complexity index is 329. The number of aromatic nitrogens is 2. The van der Waals surface area contributed by atoms with Gasteiger partial charge in [-0.15, -0.1) is 10.2 Å². The molecule has 1 aromatic heterocycles. The molecule has 0 saturated heterocycles. The highest BCUT2D eigenvalue weighted by Gasteiger charge is 2.09. The highest BCUT2D eigenvalue weighted by Crippen LogP contribution is 2.07. The minimum absolute atomic E-state index is 0.333. The van der Waals surface area contributed by atoms with Gasteiger partial charge in [0.15, 0.2) is 5.15 Å². The zero-order valence-corrected chi connectivity index (χ0v) is 9.03. The standard InChI is InChI=1S/C9H12ClN3O2/c1-6(9(14)15)4-5-11-8-3-2-7(10)12-13-8/h2-3,6H,4-5H2,1H3,(H,11,13)(H,14,15). The van der Waals surface area contributed by atoms with Gasteiger partial charge in [-0.1, -0.05) is 18.5 Å². The Morgan fingerprint density at radius 2 is 2.33 bits per heavy atom. The fraction of sp³-hybridized carbons (Fsp3) is 0.444. The van der Waals surface area contributed by atoms with Gasteiger partial charge < -0.3 is 10.4 Å². The maximum atomic E-state index is 10.5. The maximum absolute atomic E-state index is 10.5. The van der Waals surface area contributed by atoms with Gasteiger partial charge in [0.05, 0.1) is 5.92 Å². The van der Waals surface area contributed by atoms with E-state index in [-0.39, 0.29) is 5.92 Å². The van der Waals surface area contributed by atoms with Crippen molar-refractivity contribution in [2.75, 3.05) is 11.9 Å². The van der Waals surface area contributed by atoms with Crippen molar-refractivity contribution in [3.05, 3.63) is 17.3 Å². The average molecular weight is 230 g/mol. The Kier molecular flexibility index (Phi) is 4.30. The van der Waals surface area contributed by atoms with Crippen LogP contribution in [-0.2, 0) is 4.79 Å². The van der Waals surface area contributed by atoms with E-state index in [1.807, 2.05) is 0 Å². The van der Waals surface area contributed by atoms with Crippen LogP contribution >= 0.6 is 11.6 Å². The van der Waals surface area contributed by atoms with E-state index in [1.165, 1.54) is 0 Å². The molecular weight excluding hydrogens is 218 g/mol. The fourth-order valence-corrected chi connectivity index (χ4v) is 1.05. The van der Waals surface area contributed by atoms with E-state index >= 15 is 0 Å². The molecule has 0 bridgehead atoms. The van der Waals surface area contributed by atoms with Crippen LogP contribution in [0, 0.1) is 5.92 Å². The van der Waals surface area contributed by atoms with Crippen molar-refractivity contribution in [3.8, 4) is 0 Å². The Morgan fingerprint density at radius 1 is 1.60 bits per heavy atom. The molecular formula is C9H12ClN3O2. The molecule has 5 nitrogen and oxygen atoms in total. The van der Waals surface area contributed by atoms with Gasteiger partial charge >= 0.3 is 5.97 Å².